The Morgan fingerprint density at radius 1 is 1.48 bits per heavy atom. The summed E-state index contributed by atoms with van der Waals surface area (Å²) < 4.78 is 5.15. The lowest BCUT2D eigenvalue weighted by atomic mass is 10.2. The van der Waals surface area contributed by atoms with E-state index >= 15 is 0 Å². The van der Waals surface area contributed by atoms with E-state index in [1.807, 2.05) is 0 Å². The van der Waals surface area contributed by atoms with E-state index in [1.165, 1.54) is 12.3 Å². The smallest absolute Gasteiger partial charge is 0.325 e. The number of hydrogen-bond acceptors (Lipinski definition) is 6. The summed E-state index contributed by atoms with van der Waals surface area (Å²) in [7, 11) is 0. The van der Waals surface area contributed by atoms with Gasteiger partial charge < -0.3 is 9.64 Å². The van der Waals surface area contributed by atoms with Gasteiger partial charge in [-0.05, 0) is 29.8 Å². The van der Waals surface area contributed by atoms with E-state index in [4.69, 9.17) is 4.74 Å². The molecule has 21 heavy (non-hydrogen) atoms. The number of amides is 1. The predicted octanol–water partition coefficient (Wildman–Crippen LogP) is 1.78. The fourth-order valence-electron chi connectivity index (χ4n) is 1.57. The second-order valence-corrected chi connectivity index (χ2v) is 4.82. The SMILES string of the molecule is CCOC(=O)CN(CC)C(=O)c1ncc(Br)cc1[N+](=O)[O-]. The maximum absolute atomic E-state index is 12.3. The van der Waals surface area contributed by atoms with E-state index in [-0.39, 0.29) is 25.4 Å². The van der Waals surface area contributed by atoms with Crippen molar-refractivity contribution in [1.29, 1.82) is 0 Å². The summed E-state index contributed by atoms with van der Waals surface area (Å²) in [4.78, 5) is 39.0. The molecule has 0 aliphatic rings. The predicted molar refractivity (Wildman–Crippen MR) is 76.8 cm³/mol. The Morgan fingerprint density at radius 2 is 2.14 bits per heavy atom. The highest BCUT2D eigenvalue weighted by Crippen LogP contribution is 2.22. The average molecular weight is 360 g/mol. The third kappa shape index (κ3) is 4.48. The van der Waals surface area contributed by atoms with Gasteiger partial charge in [-0.3, -0.25) is 19.7 Å². The molecule has 0 fully saturated rings. The number of carbonyl (C=O) groups is 2. The molecule has 1 aromatic heterocycles. The van der Waals surface area contributed by atoms with Crippen molar-refractivity contribution in [2.24, 2.45) is 0 Å². The molecular formula is C12H14BrN3O5. The van der Waals surface area contributed by atoms with Gasteiger partial charge in [0.25, 0.3) is 5.91 Å². The molecule has 0 saturated heterocycles. The zero-order chi connectivity index (χ0) is 16.0. The quantitative estimate of drug-likeness (QED) is 0.435. The van der Waals surface area contributed by atoms with Crippen LogP contribution in [0.25, 0.3) is 0 Å². The Morgan fingerprint density at radius 3 is 2.67 bits per heavy atom. The molecule has 9 heteroatoms. The molecule has 0 radical (unpaired) electrons. The summed E-state index contributed by atoms with van der Waals surface area (Å²) in [6.45, 7) is 3.42. The van der Waals surface area contributed by atoms with Gasteiger partial charge in [0.1, 0.15) is 6.54 Å². The molecular weight excluding hydrogens is 346 g/mol. The van der Waals surface area contributed by atoms with Crippen LogP contribution in [0.1, 0.15) is 24.3 Å². The number of carbonyl (C=O) groups excluding carboxylic acids is 2. The van der Waals surface area contributed by atoms with Gasteiger partial charge in [0.2, 0.25) is 5.69 Å². The summed E-state index contributed by atoms with van der Waals surface area (Å²) in [5.74, 6) is -1.27. The lowest BCUT2D eigenvalue weighted by Crippen LogP contribution is -2.37. The molecule has 0 saturated carbocycles. The molecule has 0 spiro atoms. The molecule has 0 bridgehead atoms. The highest BCUT2D eigenvalue weighted by Gasteiger charge is 2.27. The van der Waals surface area contributed by atoms with Crippen LogP contribution in [0.2, 0.25) is 0 Å². The molecule has 1 rings (SSSR count). The number of nitrogens with zero attached hydrogens (tertiary/aromatic N) is 3. The number of aromatic nitrogens is 1. The first-order valence-electron chi connectivity index (χ1n) is 6.15. The number of halogens is 1. The zero-order valence-corrected chi connectivity index (χ0v) is 13.1. The van der Waals surface area contributed by atoms with E-state index in [2.05, 4.69) is 20.9 Å². The van der Waals surface area contributed by atoms with Gasteiger partial charge in [0, 0.05) is 23.3 Å². The van der Waals surface area contributed by atoms with E-state index in [0.717, 1.165) is 4.90 Å². The van der Waals surface area contributed by atoms with Gasteiger partial charge in [-0.15, -0.1) is 0 Å². The second kappa shape index (κ2) is 7.67. The molecule has 8 nitrogen and oxygen atoms in total. The molecule has 1 heterocycles. The Kier molecular flexibility index (Phi) is 6.22. The maximum atomic E-state index is 12.3. The van der Waals surface area contributed by atoms with Gasteiger partial charge in [-0.2, -0.15) is 0 Å². The fourth-order valence-corrected chi connectivity index (χ4v) is 1.89. The first-order chi connectivity index (χ1) is 9.90. The molecule has 0 unspecified atom stereocenters. The molecule has 0 aliphatic carbocycles. The van der Waals surface area contributed by atoms with Gasteiger partial charge >= 0.3 is 11.7 Å². The number of likely N-dealkylation sites (N-methyl/N-ethyl adjacent to an activating group) is 1. The third-order valence-electron chi connectivity index (χ3n) is 2.53. The van der Waals surface area contributed by atoms with Crippen LogP contribution in [0.15, 0.2) is 16.7 Å². The topological polar surface area (TPSA) is 103 Å². The van der Waals surface area contributed by atoms with Crippen LogP contribution in [-0.2, 0) is 9.53 Å². The van der Waals surface area contributed by atoms with Crippen LogP contribution in [0.4, 0.5) is 5.69 Å². The fraction of sp³-hybridized carbons (Fsp3) is 0.417. The Hall–Kier alpha value is -2.03. The number of ether oxygens (including phenoxy) is 1. The Bertz CT molecular complexity index is 564. The number of hydrogen-bond donors (Lipinski definition) is 0. The van der Waals surface area contributed by atoms with Crippen molar-refractivity contribution < 1.29 is 19.2 Å². The van der Waals surface area contributed by atoms with Crippen molar-refractivity contribution in [3.8, 4) is 0 Å². The third-order valence-corrected chi connectivity index (χ3v) is 2.96. The normalized spacial score (nSPS) is 10.0. The highest BCUT2D eigenvalue weighted by molar-refractivity contribution is 9.10. The minimum atomic E-state index is -0.691. The van der Waals surface area contributed by atoms with E-state index < -0.39 is 22.5 Å². The van der Waals surface area contributed by atoms with Crippen LogP contribution in [0.3, 0.4) is 0 Å². The van der Waals surface area contributed by atoms with Crippen LogP contribution >= 0.6 is 15.9 Å². The molecule has 0 atom stereocenters. The molecule has 0 N–H and O–H groups in total. The minimum absolute atomic E-state index is 0.196. The first kappa shape index (κ1) is 17.0. The van der Waals surface area contributed by atoms with Crippen molar-refractivity contribution >= 4 is 33.5 Å². The van der Waals surface area contributed by atoms with Crippen LogP contribution in [-0.4, -0.2) is 46.4 Å². The summed E-state index contributed by atoms with van der Waals surface area (Å²) in [6, 6.07) is 1.19. The highest BCUT2D eigenvalue weighted by atomic mass is 79.9. The van der Waals surface area contributed by atoms with Crippen molar-refractivity contribution in [2.45, 2.75) is 13.8 Å². The van der Waals surface area contributed by atoms with E-state index in [0.29, 0.717) is 4.47 Å². The van der Waals surface area contributed by atoms with Crippen LogP contribution in [0, 0.1) is 10.1 Å². The van der Waals surface area contributed by atoms with Gasteiger partial charge in [0.05, 0.1) is 11.5 Å². The lowest BCUT2D eigenvalue weighted by molar-refractivity contribution is -0.385. The van der Waals surface area contributed by atoms with Crippen LogP contribution in [0.5, 0.6) is 0 Å². The number of nitro groups is 1. The summed E-state index contributed by atoms with van der Waals surface area (Å²) in [5, 5.41) is 11.0. The number of esters is 1. The van der Waals surface area contributed by atoms with Gasteiger partial charge in [-0.1, -0.05) is 0 Å². The van der Waals surface area contributed by atoms with E-state index in [1.54, 1.807) is 13.8 Å². The number of pyridine rings is 1. The monoisotopic (exact) mass is 359 g/mol. The summed E-state index contributed by atoms with van der Waals surface area (Å²) >= 11 is 3.06. The van der Waals surface area contributed by atoms with Gasteiger partial charge in [-0.25, -0.2) is 4.98 Å². The average Bonchev–Trinajstić information content (AvgIpc) is 2.44. The molecule has 1 aromatic rings. The van der Waals surface area contributed by atoms with Gasteiger partial charge in [0.15, 0.2) is 0 Å². The zero-order valence-electron chi connectivity index (χ0n) is 11.5. The molecule has 0 aliphatic heterocycles. The molecule has 114 valence electrons. The first-order valence-corrected chi connectivity index (χ1v) is 6.94. The maximum Gasteiger partial charge on any atom is 0.325 e. The summed E-state index contributed by atoms with van der Waals surface area (Å²) in [5.41, 5.74) is -0.731. The lowest BCUT2D eigenvalue weighted by Gasteiger charge is -2.19. The standard InChI is InChI=1S/C12H14BrN3O5/c1-3-15(7-10(17)21-4-2)12(18)11-9(16(19)20)5-8(13)6-14-11/h5-6H,3-4,7H2,1-2H3. The second-order valence-electron chi connectivity index (χ2n) is 3.90. The van der Waals surface area contributed by atoms with Crippen LogP contribution < -0.4 is 0 Å². The van der Waals surface area contributed by atoms with E-state index in [9.17, 15) is 19.7 Å². The molecule has 1 amide bonds. The van der Waals surface area contributed by atoms with Crippen molar-refractivity contribution in [3.05, 3.63) is 32.5 Å². The minimum Gasteiger partial charge on any atom is -0.465 e. The Labute approximate surface area is 129 Å². The molecule has 0 aromatic carbocycles. The largest absolute Gasteiger partial charge is 0.465 e. The van der Waals surface area contributed by atoms with Crippen molar-refractivity contribution in [2.75, 3.05) is 19.7 Å². The summed E-state index contributed by atoms with van der Waals surface area (Å²) in [6.07, 6.45) is 1.29. The van der Waals surface area contributed by atoms with Crippen molar-refractivity contribution in [3.63, 3.8) is 0 Å². The number of rotatable bonds is 6. The Balaban J connectivity index is 3.05. The van der Waals surface area contributed by atoms with Crippen molar-refractivity contribution in [1.82, 2.24) is 9.88 Å².